The number of phenolic OH excluding ortho intramolecular Hbond substituents is 1. The molecule has 0 saturated carbocycles. The number of allylic oxidation sites excluding steroid dienone is 1. The number of aliphatic hydroxyl groups excluding tert-OH is 3. The number of pyridine rings is 1. The fraction of sp³-hybridized carbons (Fsp3) is 0.323. The molecular weight excluding hydrogens is 496 g/mol. The minimum absolute atomic E-state index is 0.182. The van der Waals surface area contributed by atoms with Crippen molar-refractivity contribution in [2.75, 3.05) is 20.3 Å². The van der Waals surface area contributed by atoms with Gasteiger partial charge in [0, 0.05) is 24.5 Å². The van der Waals surface area contributed by atoms with Crippen LogP contribution in [0.3, 0.4) is 0 Å². The van der Waals surface area contributed by atoms with Gasteiger partial charge in [-0.1, -0.05) is 36.4 Å². The second kappa shape index (κ2) is 11.1. The van der Waals surface area contributed by atoms with Crippen LogP contribution >= 0.6 is 0 Å². The molecule has 0 bridgehead atoms. The summed E-state index contributed by atoms with van der Waals surface area (Å²) >= 11 is 0. The van der Waals surface area contributed by atoms with E-state index in [0.29, 0.717) is 17.6 Å². The third-order valence-corrected chi connectivity index (χ3v) is 8.10. The number of benzene rings is 2. The van der Waals surface area contributed by atoms with Crippen molar-refractivity contribution in [3.63, 3.8) is 0 Å². The Hall–Kier alpha value is -3.85. The molecular formula is C31H32N2O6. The van der Waals surface area contributed by atoms with Gasteiger partial charge in [-0.05, 0) is 71.2 Å². The maximum absolute atomic E-state index is 12.9. The second-order valence-electron chi connectivity index (χ2n) is 10.2. The Balaban J connectivity index is 1.48. The standard InChI is InChI=1S/C31H32N2O6/c1-33-30(38)23-15-20(16-34)28(24(17-35)29(23)31(33)39)27(37)12-10-19(25-8-4-5-13-32-25)14-18-9-11-26(36)22-7-3-2-6-21(18)22/h2-9,11,13-14,23-24,27,29,34-37H,10,12,15-17H2,1H3/b19-14-/t23-,24+,27-,29-/m1/s1. The predicted molar refractivity (Wildman–Crippen MR) is 147 cm³/mol. The third kappa shape index (κ3) is 4.87. The fourth-order valence-corrected chi connectivity index (χ4v) is 6.16. The van der Waals surface area contributed by atoms with E-state index in [-0.39, 0.29) is 37.0 Å². The molecule has 4 N–H and O–H groups in total. The quantitative estimate of drug-likeness (QED) is 0.261. The van der Waals surface area contributed by atoms with Gasteiger partial charge >= 0.3 is 0 Å². The zero-order valence-corrected chi connectivity index (χ0v) is 21.7. The molecule has 4 atom stereocenters. The molecule has 1 aromatic heterocycles. The first kappa shape index (κ1) is 26.7. The number of fused-ring (bicyclic) bond motifs is 2. The van der Waals surface area contributed by atoms with Crippen LogP contribution in [0.25, 0.3) is 22.4 Å². The number of aromatic nitrogens is 1. The van der Waals surface area contributed by atoms with E-state index in [0.717, 1.165) is 32.5 Å². The van der Waals surface area contributed by atoms with Gasteiger partial charge in [0.1, 0.15) is 5.75 Å². The van der Waals surface area contributed by atoms with E-state index >= 15 is 0 Å². The SMILES string of the molecule is CN1C(=O)[C@@H]2[C@@H](CC(CO)=C([C@H](O)CC/C(=C/c3ccc(O)c4ccccc34)c3ccccn3)[C@@H]2CO)C1=O. The Morgan fingerprint density at radius 1 is 1.05 bits per heavy atom. The van der Waals surface area contributed by atoms with Gasteiger partial charge in [-0.3, -0.25) is 19.5 Å². The molecule has 3 aromatic rings. The number of imide groups is 1. The number of aliphatic hydroxyl groups is 3. The van der Waals surface area contributed by atoms with Gasteiger partial charge in [0.05, 0.1) is 36.8 Å². The number of aromatic hydroxyl groups is 1. The summed E-state index contributed by atoms with van der Waals surface area (Å²) in [5.74, 6) is -2.61. The van der Waals surface area contributed by atoms with E-state index in [2.05, 4.69) is 4.98 Å². The summed E-state index contributed by atoms with van der Waals surface area (Å²) in [5.41, 5.74) is 3.44. The highest BCUT2D eigenvalue weighted by atomic mass is 16.3. The summed E-state index contributed by atoms with van der Waals surface area (Å²) in [6, 6.07) is 16.7. The summed E-state index contributed by atoms with van der Waals surface area (Å²) < 4.78 is 0. The number of carbonyl (C=O) groups is 2. The number of hydrogen-bond acceptors (Lipinski definition) is 7. The van der Waals surface area contributed by atoms with Crippen molar-refractivity contribution >= 4 is 34.2 Å². The molecule has 202 valence electrons. The normalized spacial score (nSPS) is 22.5. The molecule has 5 rings (SSSR count). The zero-order chi connectivity index (χ0) is 27.7. The highest BCUT2D eigenvalue weighted by Gasteiger charge is 2.53. The van der Waals surface area contributed by atoms with Gasteiger partial charge in [-0.25, -0.2) is 0 Å². The molecule has 8 heteroatoms. The van der Waals surface area contributed by atoms with Crippen LogP contribution in [-0.4, -0.2) is 68.5 Å². The highest BCUT2D eigenvalue weighted by molar-refractivity contribution is 6.05. The van der Waals surface area contributed by atoms with Gasteiger partial charge in [-0.15, -0.1) is 0 Å². The summed E-state index contributed by atoms with van der Waals surface area (Å²) in [6.45, 7) is -0.772. The van der Waals surface area contributed by atoms with Gasteiger partial charge < -0.3 is 20.4 Å². The zero-order valence-electron chi connectivity index (χ0n) is 21.7. The minimum atomic E-state index is -1.04. The molecule has 0 radical (unpaired) electrons. The van der Waals surface area contributed by atoms with Crippen LogP contribution in [0.1, 0.15) is 30.5 Å². The average molecular weight is 529 g/mol. The molecule has 2 amide bonds. The third-order valence-electron chi connectivity index (χ3n) is 8.10. The maximum Gasteiger partial charge on any atom is 0.233 e. The van der Waals surface area contributed by atoms with Crippen LogP contribution in [0.5, 0.6) is 5.75 Å². The molecule has 1 aliphatic carbocycles. The topological polar surface area (TPSA) is 131 Å². The van der Waals surface area contributed by atoms with E-state index in [4.69, 9.17) is 0 Å². The molecule has 0 spiro atoms. The molecule has 8 nitrogen and oxygen atoms in total. The first-order valence-corrected chi connectivity index (χ1v) is 13.1. The van der Waals surface area contributed by atoms with Gasteiger partial charge in [0.15, 0.2) is 0 Å². The number of phenols is 1. The van der Waals surface area contributed by atoms with Gasteiger partial charge in [-0.2, -0.15) is 0 Å². The lowest BCUT2D eigenvalue weighted by molar-refractivity contribution is -0.138. The van der Waals surface area contributed by atoms with E-state index in [9.17, 15) is 30.0 Å². The van der Waals surface area contributed by atoms with Crippen LogP contribution in [0, 0.1) is 17.8 Å². The molecule has 2 aromatic carbocycles. The van der Waals surface area contributed by atoms with Crippen molar-refractivity contribution < 1.29 is 30.0 Å². The number of rotatable bonds is 8. The Morgan fingerprint density at radius 3 is 2.49 bits per heavy atom. The van der Waals surface area contributed by atoms with Crippen LogP contribution in [0.4, 0.5) is 0 Å². The second-order valence-corrected chi connectivity index (χ2v) is 10.2. The Bertz CT molecular complexity index is 1460. The molecule has 0 unspecified atom stereocenters. The maximum atomic E-state index is 12.9. The predicted octanol–water partition coefficient (Wildman–Crippen LogP) is 3.15. The van der Waals surface area contributed by atoms with Crippen molar-refractivity contribution in [3.8, 4) is 5.75 Å². The monoisotopic (exact) mass is 528 g/mol. The van der Waals surface area contributed by atoms with E-state index in [1.807, 2.05) is 54.6 Å². The van der Waals surface area contributed by atoms with Crippen LogP contribution in [0.2, 0.25) is 0 Å². The lowest BCUT2D eigenvalue weighted by Gasteiger charge is -2.36. The highest BCUT2D eigenvalue weighted by Crippen LogP contribution is 2.46. The lowest BCUT2D eigenvalue weighted by Crippen LogP contribution is -2.39. The Kier molecular flexibility index (Phi) is 7.61. The molecule has 2 aliphatic rings. The first-order chi connectivity index (χ1) is 18.8. The number of carbonyl (C=O) groups excluding carboxylic acids is 2. The summed E-state index contributed by atoms with van der Waals surface area (Å²) in [7, 11) is 1.43. The van der Waals surface area contributed by atoms with Gasteiger partial charge in [0.2, 0.25) is 11.8 Å². The van der Waals surface area contributed by atoms with Crippen molar-refractivity contribution in [1.29, 1.82) is 0 Å². The Morgan fingerprint density at radius 2 is 1.79 bits per heavy atom. The smallest absolute Gasteiger partial charge is 0.233 e. The van der Waals surface area contributed by atoms with Crippen molar-refractivity contribution in [1.82, 2.24) is 9.88 Å². The fourth-order valence-electron chi connectivity index (χ4n) is 6.16. The largest absolute Gasteiger partial charge is 0.507 e. The van der Waals surface area contributed by atoms with Crippen LogP contribution in [-0.2, 0) is 9.59 Å². The average Bonchev–Trinajstić information content (AvgIpc) is 3.19. The molecule has 2 heterocycles. The van der Waals surface area contributed by atoms with Crippen LogP contribution in [0.15, 0.2) is 71.9 Å². The molecule has 1 saturated heterocycles. The van der Waals surface area contributed by atoms with E-state index in [1.54, 1.807) is 12.3 Å². The number of nitrogens with zero attached hydrogens (tertiary/aromatic N) is 2. The number of likely N-dealkylation sites (tertiary alicyclic amines) is 1. The number of amides is 2. The van der Waals surface area contributed by atoms with Crippen molar-refractivity contribution in [2.45, 2.75) is 25.4 Å². The molecule has 1 fully saturated rings. The van der Waals surface area contributed by atoms with Crippen molar-refractivity contribution in [3.05, 3.63) is 83.2 Å². The first-order valence-electron chi connectivity index (χ1n) is 13.1. The summed E-state index contributed by atoms with van der Waals surface area (Å²) in [4.78, 5) is 31.1. The minimum Gasteiger partial charge on any atom is -0.507 e. The van der Waals surface area contributed by atoms with E-state index in [1.165, 1.54) is 7.05 Å². The van der Waals surface area contributed by atoms with Gasteiger partial charge in [0.25, 0.3) is 0 Å². The molecule has 39 heavy (non-hydrogen) atoms. The van der Waals surface area contributed by atoms with Crippen LogP contribution < -0.4 is 0 Å². The molecule has 1 aliphatic heterocycles. The Labute approximate surface area is 226 Å². The number of hydrogen-bond donors (Lipinski definition) is 4. The van der Waals surface area contributed by atoms with E-state index < -0.39 is 30.5 Å². The lowest BCUT2D eigenvalue weighted by atomic mass is 9.68. The summed E-state index contributed by atoms with van der Waals surface area (Å²) in [5, 5.41) is 43.8. The summed E-state index contributed by atoms with van der Waals surface area (Å²) in [6.07, 6.45) is 3.50. The van der Waals surface area contributed by atoms with Crippen molar-refractivity contribution in [2.24, 2.45) is 17.8 Å².